The van der Waals surface area contributed by atoms with E-state index < -0.39 is 0 Å². The number of halogens is 1. The average Bonchev–Trinajstić information content (AvgIpc) is 2.62. The molecule has 1 heterocycles. The topological polar surface area (TPSA) is 29.5 Å². The maximum atomic E-state index is 12.3. The Kier molecular flexibility index (Phi) is 6.27. The van der Waals surface area contributed by atoms with Crippen molar-refractivity contribution >= 4 is 21.9 Å². The fraction of sp³-hybridized carbons (Fsp3) is 0.381. The molecule has 1 aliphatic heterocycles. The molecule has 3 nitrogen and oxygen atoms in total. The number of rotatable bonds is 5. The number of piperidine rings is 1. The van der Waals surface area contributed by atoms with Crippen molar-refractivity contribution in [1.82, 2.24) is 4.90 Å². The van der Waals surface area contributed by atoms with E-state index >= 15 is 0 Å². The monoisotopic (exact) mass is 401 g/mol. The molecule has 132 valence electrons. The molecule has 2 aromatic carbocycles. The van der Waals surface area contributed by atoms with Crippen LogP contribution in [0.4, 0.5) is 0 Å². The molecule has 4 heteroatoms. The first-order valence-electron chi connectivity index (χ1n) is 8.87. The molecule has 0 amide bonds. The molecule has 1 fully saturated rings. The largest absolute Gasteiger partial charge is 0.457 e. The minimum Gasteiger partial charge on any atom is -0.457 e. The van der Waals surface area contributed by atoms with E-state index in [2.05, 4.69) is 46.0 Å². The highest BCUT2D eigenvalue weighted by Crippen LogP contribution is 2.21. The van der Waals surface area contributed by atoms with Gasteiger partial charge in [-0.3, -0.25) is 4.90 Å². The normalized spacial score (nSPS) is 18.1. The molecule has 0 N–H and O–H groups in total. The zero-order chi connectivity index (χ0) is 17.6. The average molecular weight is 402 g/mol. The molecule has 0 saturated carbocycles. The van der Waals surface area contributed by atoms with Gasteiger partial charge in [-0.25, -0.2) is 4.79 Å². The third kappa shape index (κ3) is 4.93. The Hall–Kier alpha value is -1.65. The summed E-state index contributed by atoms with van der Waals surface area (Å²) < 4.78 is 6.42. The molecule has 1 atom stereocenters. The first-order chi connectivity index (χ1) is 12.1. The minimum absolute atomic E-state index is 0.289. The van der Waals surface area contributed by atoms with Crippen molar-refractivity contribution in [2.75, 3.05) is 6.54 Å². The Bertz CT molecular complexity index is 731. The number of ether oxygens (including phenoxy) is 1. The lowest BCUT2D eigenvalue weighted by molar-refractivity contribution is 0.0470. The van der Waals surface area contributed by atoms with Crippen molar-refractivity contribution in [3.05, 3.63) is 69.7 Å². The van der Waals surface area contributed by atoms with Gasteiger partial charge in [-0.1, -0.05) is 52.7 Å². The molecular weight excluding hydrogens is 378 g/mol. The third-order valence-electron chi connectivity index (χ3n) is 4.85. The summed E-state index contributed by atoms with van der Waals surface area (Å²) in [4.78, 5) is 14.8. The smallest absolute Gasteiger partial charge is 0.338 e. The number of hydrogen-bond donors (Lipinski definition) is 0. The van der Waals surface area contributed by atoms with Gasteiger partial charge in [-0.05, 0) is 55.6 Å². The maximum absolute atomic E-state index is 12.3. The van der Waals surface area contributed by atoms with Crippen LogP contribution in [-0.4, -0.2) is 23.5 Å². The predicted octanol–water partition coefficient (Wildman–Crippen LogP) is 5.18. The van der Waals surface area contributed by atoms with E-state index in [1.54, 1.807) is 12.1 Å². The van der Waals surface area contributed by atoms with Crippen molar-refractivity contribution in [3.8, 4) is 0 Å². The summed E-state index contributed by atoms with van der Waals surface area (Å²) in [6, 6.07) is 16.2. The standard InChI is InChI=1S/C21H24BrNO2/c1-16-7-4-5-12-23(16)14-18-8-2-3-9-19(18)15-25-21(24)17-10-6-11-20(22)13-17/h2-3,6,8-11,13,16H,4-5,7,12,14-15H2,1H3/t16-/m1/s1. The van der Waals surface area contributed by atoms with Crippen LogP contribution in [0, 0.1) is 0 Å². The van der Waals surface area contributed by atoms with E-state index in [-0.39, 0.29) is 5.97 Å². The summed E-state index contributed by atoms with van der Waals surface area (Å²) in [5.74, 6) is -0.289. The lowest BCUT2D eigenvalue weighted by Crippen LogP contribution is -2.37. The van der Waals surface area contributed by atoms with Gasteiger partial charge in [0.15, 0.2) is 0 Å². The molecule has 0 aliphatic carbocycles. The molecule has 1 aliphatic rings. The van der Waals surface area contributed by atoms with Crippen LogP contribution in [0.3, 0.4) is 0 Å². The molecule has 2 aromatic rings. The highest BCUT2D eigenvalue weighted by atomic mass is 79.9. The number of hydrogen-bond acceptors (Lipinski definition) is 3. The highest BCUT2D eigenvalue weighted by Gasteiger charge is 2.19. The van der Waals surface area contributed by atoms with E-state index in [0.29, 0.717) is 18.2 Å². The van der Waals surface area contributed by atoms with Crippen molar-refractivity contribution in [2.45, 2.75) is 45.4 Å². The summed E-state index contributed by atoms with van der Waals surface area (Å²) in [7, 11) is 0. The lowest BCUT2D eigenvalue weighted by Gasteiger charge is -2.33. The molecular formula is C21H24BrNO2. The van der Waals surface area contributed by atoms with E-state index in [9.17, 15) is 4.79 Å². The Morgan fingerprint density at radius 2 is 1.96 bits per heavy atom. The molecule has 0 spiro atoms. The van der Waals surface area contributed by atoms with Crippen LogP contribution in [0.1, 0.15) is 47.7 Å². The highest BCUT2D eigenvalue weighted by molar-refractivity contribution is 9.10. The van der Waals surface area contributed by atoms with Crippen LogP contribution in [-0.2, 0) is 17.9 Å². The fourth-order valence-corrected chi connectivity index (χ4v) is 3.71. The van der Waals surface area contributed by atoms with Gasteiger partial charge in [0.1, 0.15) is 6.61 Å². The van der Waals surface area contributed by atoms with Gasteiger partial charge in [-0.15, -0.1) is 0 Å². The first-order valence-corrected chi connectivity index (χ1v) is 9.66. The molecule has 0 radical (unpaired) electrons. The van der Waals surface area contributed by atoms with Crippen molar-refractivity contribution in [3.63, 3.8) is 0 Å². The van der Waals surface area contributed by atoms with Crippen LogP contribution in [0.15, 0.2) is 53.0 Å². The zero-order valence-electron chi connectivity index (χ0n) is 14.6. The minimum atomic E-state index is -0.289. The summed E-state index contributed by atoms with van der Waals surface area (Å²) in [6.07, 6.45) is 3.86. The number of carbonyl (C=O) groups excluding carboxylic acids is 1. The second kappa shape index (κ2) is 8.63. The van der Waals surface area contributed by atoms with Crippen molar-refractivity contribution in [2.24, 2.45) is 0 Å². The number of esters is 1. The van der Waals surface area contributed by atoms with Crippen LogP contribution >= 0.6 is 15.9 Å². The van der Waals surface area contributed by atoms with Gasteiger partial charge >= 0.3 is 5.97 Å². The Balaban J connectivity index is 1.65. The molecule has 3 rings (SSSR count). The second-order valence-electron chi connectivity index (χ2n) is 6.67. The quantitative estimate of drug-likeness (QED) is 0.646. The van der Waals surface area contributed by atoms with Crippen LogP contribution < -0.4 is 0 Å². The molecule has 25 heavy (non-hydrogen) atoms. The van der Waals surface area contributed by atoms with Gasteiger partial charge in [0.2, 0.25) is 0 Å². The molecule has 0 aromatic heterocycles. The summed E-state index contributed by atoms with van der Waals surface area (Å²) in [6.45, 7) is 4.68. The number of nitrogens with zero attached hydrogens (tertiary/aromatic N) is 1. The van der Waals surface area contributed by atoms with Crippen LogP contribution in [0.2, 0.25) is 0 Å². The van der Waals surface area contributed by atoms with E-state index in [1.165, 1.54) is 24.8 Å². The van der Waals surface area contributed by atoms with Crippen molar-refractivity contribution < 1.29 is 9.53 Å². The summed E-state index contributed by atoms with van der Waals surface area (Å²) in [5, 5.41) is 0. The summed E-state index contributed by atoms with van der Waals surface area (Å²) in [5.41, 5.74) is 2.90. The Labute approximate surface area is 158 Å². The summed E-state index contributed by atoms with van der Waals surface area (Å²) >= 11 is 3.39. The molecule has 0 unspecified atom stereocenters. The van der Waals surface area contributed by atoms with Crippen molar-refractivity contribution in [1.29, 1.82) is 0 Å². The maximum Gasteiger partial charge on any atom is 0.338 e. The van der Waals surface area contributed by atoms with Gasteiger partial charge in [-0.2, -0.15) is 0 Å². The Morgan fingerprint density at radius 3 is 2.72 bits per heavy atom. The number of likely N-dealkylation sites (tertiary alicyclic amines) is 1. The second-order valence-corrected chi connectivity index (χ2v) is 7.59. The van der Waals surface area contributed by atoms with E-state index in [4.69, 9.17) is 4.74 Å². The first kappa shape index (κ1) is 18.2. The third-order valence-corrected chi connectivity index (χ3v) is 5.34. The molecule has 1 saturated heterocycles. The molecule has 0 bridgehead atoms. The van der Waals surface area contributed by atoms with E-state index in [0.717, 1.165) is 23.1 Å². The number of benzene rings is 2. The SMILES string of the molecule is C[C@@H]1CCCCN1Cc1ccccc1COC(=O)c1cccc(Br)c1. The van der Waals surface area contributed by atoms with Gasteiger partial charge < -0.3 is 4.74 Å². The fourth-order valence-electron chi connectivity index (χ4n) is 3.31. The van der Waals surface area contributed by atoms with Gasteiger partial charge in [0.25, 0.3) is 0 Å². The number of carbonyl (C=O) groups is 1. The van der Waals surface area contributed by atoms with Gasteiger partial charge in [0.05, 0.1) is 5.56 Å². The predicted molar refractivity (Wildman–Crippen MR) is 103 cm³/mol. The van der Waals surface area contributed by atoms with E-state index in [1.807, 2.05) is 18.2 Å². The van der Waals surface area contributed by atoms with Crippen LogP contribution in [0.5, 0.6) is 0 Å². The Morgan fingerprint density at radius 1 is 1.16 bits per heavy atom. The van der Waals surface area contributed by atoms with Crippen LogP contribution in [0.25, 0.3) is 0 Å². The zero-order valence-corrected chi connectivity index (χ0v) is 16.2. The van der Waals surface area contributed by atoms with Gasteiger partial charge in [0, 0.05) is 17.1 Å². The lowest BCUT2D eigenvalue weighted by atomic mass is 10.0.